The molecular weight excluding hydrogens is 232 g/mol. The maximum absolute atomic E-state index is 11.5. The van der Waals surface area contributed by atoms with Crippen LogP contribution in [0.5, 0.6) is 0 Å². The summed E-state index contributed by atoms with van der Waals surface area (Å²) in [4.78, 5) is 2.05. The number of unbranched alkanes of at least 4 members (excludes halogenated alkanes) is 1. The number of nitrogens with one attached hydrogen (secondary N) is 1. The predicted octanol–water partition coefficient (Wildman–Crippen LogP) is 0.142. The number of hydrogen-bond donors (Lipinski definition) is 1. The minimum Gasteiger partial charge on any atom is -0.357 e. The summed E-state index contributed by atoms with van der Waals surface area (Å²) < 4.78 is 22.9. The molecule has 2 aliphatic rings. The zero-order valence-electron chi connectivity index (χ0n) is 8.77. The van der Waals surface area contributed by atoms with Crippen molar-refractivity contribution in [2.24, 2.45) is 0 Å². The van der Waals surface area contributed by atoms with Crippen LogP contribution in [-0.2, 0) is 9.84 Å². The first-order chi connectivity index (χ1) is 7.03. The Hall–Kier alpha value is -0.360. The minimum absolute atomic E-state index is 0.0272. The normalized spacial score (nSPS) is 32.9. The van der Waals surface area contributed by atoms with Crippen molar-refractivity contribution in [1.29, 1.82) is 0 Å². The zero-order chi connectivity index (χ0) is 11.1. The van der Waals surface area contributed by atoms with Crippen LogP contribution in [0.2, 0.25) is 0 Å². The van der Waals surface area contributed by atoms with Gasteiger partial charge in [0, 0.05) is 6.54 Å². The predicted molar refractivity (Wildman–Crippen MR) is 63.6 cm³/mol. The topological polar surface area (TPSA) is 49.4 Å². The molecule has 2 atom stereocenters. The molecule has 0 aromatic heterocycles. The van der Waals surface area contributed by atoms with Gasteiger partial charge in [-0.15, -0.1) is 0 Å². The fraction of sp³-hybridized carbons (Fsp3) is 0.889. The van der Waals surface area contributed by atoms with Gasteiger partial charge >= 0.3 is 0 Å². The molecular formula is C9H16N2O2S2. The Balaban J connectivity index is 2.09. The molecule has 2 rings (SSSR count). The van der Waals surface area contributed by atoms with Crippen LogP contribution in [0.4, 0.5) is 0 Å². The van der Waals surface area contributed by atoms with E-state index in [0.29, 0.717) is 0 Å². The van der Waals surface area contributed by atoms with Crippen molar-refractivity contribution in [3.63, 3.8) is 0 Å². The lowest BCUT2D eigenvalue weighted by atomic mass is 10.2. The van der Waals surface area contributed by atoms with Crippen LogP contribution < -0.4 is 5.32 Å². The summed E-state index contributed by atoms with van der Waals surface area (Å²) >= 11 is 5.20. The monoisotopic (exact) mass is 248 g/mol. The third kappa shape index (κ3) is 2.10. The van der Waals surface area contributed by atoms with Crippen LogP contribution >= 0.6 is 12.2 Å². The lowest BCUT2D eigenvalue weighted by molar-refractivity contribution is 0.349. The van der Waals surface area contributed by atoms with Gasteiger partial charge in [0.1, 0.15) is 0 Å². The molecule has 15 heavy (non-hydrogen) atoms. The molecule has 0 bridgehead atoms. The quantitative estimate of drug-likeness (QED) is 0.720. The molecule has 2 aliphatic heterocycles. The van der Waals surface area contributed by atoms with E-state index in [0.717, 1.165) is 24.5 Å². The smallest absolute Gasteiger partial charge is 0.169 e. The fourth-order valence-electron chi connectivity index (χ4n) is 2.26. The van der Waals surface area contributed by atoms with E-state index in [1.807, 2.05) is 4.90 Å². The van der Waals surface area contributed by atoms with Crippen LogP contribution in [0.3, 0.4) is 0 Å². The highest BCUT2D eigenvalue weighted by Crippen LogP contribution is 2.24. The molecule has 2 fully saturated rings. The molecule has 0 aromatic rings. The largest absolute Gasteiger partial charge is 0.357 e. The van der Waals surface area contributed by atoms with E-state index in [1.165, 1.54) is 0 Å². The number of fused-ring (bicyclic) bond motifs is 1. The SMILES string of the molecule is CCCCN1C(=S)NC2CS(=O)(=O)CC21. The van der Waals surface area contributed by atoms with Gasteiger partial charge in [0.2, 0.25) is 0 Å². The molecule has 4 nitrogen and oxygen atoms in total. The van der Waals surface area contributed by atoms with Crippen molar-refractivity contribution in [3.05, 3.63) is 0 Å². The van der Waals surface area contributed by atoms with E-state index in [4.69, 9.17) is 12.2 Å². The van der Waals surface area contributed by atoms with Crippen LogP contribution in [-0.4, -0.2) is 48.6 Å². The van der Waals surface area contributed by atoms with E-state index in [2.05, 4.69) is 12.2 Å². The Morgan fingerprint density at radius 2 is 2.27 bits per heavy atom. The molecule has 0 spiro atoms. The Morgan fingerprint density at radius 3 is 2.93 bits per heavy atom. The third-order valence-corrected chi connectivity index (χ3v) is 5.11. The number of hydrogen-bond acceptors (Lipinski definition) is 3. The van der Waals surface area contributed by atoms with Gasteiger partial charge in [-0.3, -0.25) is 0 Å². The average molecular weight is 248 g/mol. The number of thiocarbonyl (C=S) groups is 1. The summed E-state index contributed by atoms with van der Waals surface area (Å²) in [5.74, 6) is 0.495. The maximum Gasteiger partial charge on any atom is 0.169 e. The summed E-state index contributed by atoms with van der Waals surface area (Å²) in [6.07, 6.45) is 2.16. The maximum atomic E-state index is 11.5. The summed E-state index contributed by atoms with van der Waals surface area (Å²) in [6.45, 7) is 2.99. The van der Waals surface area contributed by atoms with Crippen LogP contribution in [0.25, 0.3) is 0 Å². The Bertz CT molecular complexity index is 366. The first-order valence-electron chi connectivity index (χ1n) is 5.31. The molecule has 2 heterocycles. The second-order valence-electron chi connectivity index (χ2n) is 4.25. The van der Waals surface area contributed by atoms with Gasteiger partial charge in [-0.25, -0.2) is 8.42 Å². The first kappa shape index (κ1) is 11.1. The van der Waals surface area contributed by atoms with Gasteiger partial charge in [0.25, 0.3) is 0 Å². The number of rotatable bonds is 3. The van der Waals surface area contributed by atoms with Gasteiger partial charge in [0.15, 0.2) is 14.9 Å². The molecule has 1 N–H and O–H groups in total. The van der Waals surface area contributed by atoms with Crippen molar-refractivity contribution in [1.82, 2.24) is 10.2 Å². The molecule has 2 saturated heterocycles. The van der Waals surface area contributed by atoms with Gasteiger partial charge in [0.05, 0.1) is 23.6 Å². The lowest BCUT2D eigenvalue weighted by Gasteiger charge is -2.22. The summed E-state index contributed by atoms with van der Waals surface area (Å²) in [6, 6.07) is 0.105. The van der Waals surface area contributed by atoms with Crippen molar-refractivity contribution >= 4 is 27.2 Å². The molecule has 0 aromatic carbocycles. The highest BCUT2D eigenvalue weighted by atomic mass is 32.2. The molecule has 0 radical (unpaired) electrons. The summed E-state index contributed by atoms with van der Waals surface area (Å²) in [5, 5.41) is 3.84. The van der Waals surface area contributed by atoms with E-state index in [9.17, 15) is 8.42 Å². The Labute approximate surface area is 95.9 Å². The summed E-state index contributed by atoms with van der Waals surface area (Å²) in [7, 11) is -2.85. The van der Waals surface area contributed by atoms with Crippen molar-refractivity contribution in [2.75, 3.05) is 18.1 Å². The fourth-order valence-corrected chi connectivity index (χ4v) is 4.56. The Morgan fingerprint density at radius 1 is 1.53 bits per heavy atom. The van der Waals surface area contributed by atoms with E-state index in [1.54, 1.807) is 0 Å². The van der Waals surface area contributed by atoms with Crippen molar-refractivity contribution < 1.29 is 8.42 Å². The van der Waals surface area contributed by atoms with Crippen molar-refractivity contribution in [2.45, 2.75) is 31.8 Å². The first-order valence-corrected chi connectivity index (χ1v) is 7.54. The third-order valence-electron chi connectivity index (χ3n) is 3.05. The van der Waals surface area contributed by atoms with Gasteiger partial charge in [-0.2, -0.15) is 0 Å². The van der Waals surface area contributed by atoms with Crippen LogP contribution in [0.1, 0.15) is 19.8 Å². The minimum atomic E-state index is -2.85. The summed E-state index contributed by atoms with van der Waals surface area (Å²) in [5.41, 5.74) is 0. The molecule has 86 valence electrons. The van der Waals surface area contributed by atoms with E-state index >= 15 is 0 Å². The van der Waals surface area contributed by atoms with Gasteiger partial charge in [-0.1, -0.05) is 13.3 Å². The number of sulfone groups is 1. The highest BCUT2D eigenvalue weighted by Gasteiger charge is 2.46. The second-order valence-corrected chi connectivity index (χ2v) is 6.79. The highest BCUT2D eigenvalue weighted by molar-refractivity contribution is 7.91. The average Bonchev–Trinajstić information content (AvgIpc) is 2.54. The molecule has 0 amide bonds. The standard InChI is InChI=1S/C9H16N2O2S2/c1-2-3-4-11-8-6-15(12,13)5-7(8)10-9(11)14/h7-8H,2-6H2,1H3,(H,10,14). The van der Waals surface area contributed by atoms with Gasteiger partial charge < -0.3 is 10.2 Å². The van der Waals surface area contributed by atoms with Crippen LogP contribution in [0, 0.1) is 0 Å². The van der Waals surface area contributed by atoms with Crippen LogP contribution in [0.15, 0.2) is 0 Å². The van der Waals surface area contributed by atoms with E-state index in [-0.39, 0.29) is 23.6 Å². The Kier molecular flexibility index (Phi) is 2.89. The lowest BCUT2D eigenvalue weighted by Crippen LogP contribution is -2.37. The van der Waals surface area contributed by atoms with E-state index < -0.39 is 9.84 Å². The zero-order valence-corrected chi connectivity index (χ0v) is 10.4. The van der Waals surface area contributed by atoms with Gasteiger partial charge in [-0.05, 0) is 18.6 Å². The molecule has 6 heteroatoms. The molecule has 0 saturated carbocycles. The number of nitrogens with zero attached hydrogens (tertiary/aromatic N) is 1. The second kappa shape index (κ2) is 3.90. The molecule has 2 unspecified atom stereocenters. The van der Waals surface area contributed by atoms with Crippen molar-refractivity contribution in [3.8, 4) is 0 Å². The molecule has 0 aliphatic carbocycles.